The summed E-state index contributed by atoms with van der Waals surface area (Å²) in [6.45, 7) is 2.70. The van der Waals surface area contributed by atoms with Gasteiger partial charge in [-0.3, -0.25) is 0 Å². The zero-order valence-electron chi connectivity index (χ0n) is 8.88. The van der Waals surface area contributed by atoms with Gasteiger partial charge < -0.3 is 0 Å². The van der Waals surface area contributed by atoms with Crippen molar-refractivity contribution in [1.82, 2.24) is 0 Å². The quantitative estimate of drug-likeness (QED) is 0.630. The van der Waals surface area contributed by atoms with Crippen molar-refractivity contribution in [2.45, 2.75) is 28.8 Å². The van der Waals surface area contributed by atoms with Gasteiger partial charge in [-0.1, -0.05) is 0 Å². The molecule has 0 fully saturated rings. The average Bonchev–Trinajstić information content (AvgIpc) is 2.17. The van der Waals surface area contributed by atoms with Crippen LogP contribution >= 0.6 is 0 Å². The Morgan fingerprint density at radius 1 is 1.31 bits per heavy atom. The van der Waals surface area contributed by atoms with Crippen LogP contribution in [-0.4, -0.2) is 26.8 Å². The zero-order chi connectivity index (χ0) is 10.3. The van der Waals surface area contributed by atoms with E-state index < -0.39 is 17.4 Å². The molecule has 0 aliphatic heterocycles. The van der Waals surface area contributed by atoms with E-state index >= 15 is 0 Å². The van der Waals surface area contributed by atoms with E-state index in [1.807, 2.05) is 0 Å². The molecule has 0 aromatic rings. The first kappa shape index (κ1) is 13.6. The van der Waals surface area contributed by atoms with E-state index in [9.17, 15) is 0 Å². The van der Waals surface area contributed by atoms with Gasteiger partial charge in [0.25, 0.3) is 0 Å². The number of hydrogen-bond acceptors (Lipinski definition) is 4. The van der Waals surface area contributed by atoms with Crippen molar-refractivity contribution < 1.29 is 24.0 Å². The fourth-order valence-corrected chi connectivity index (χ4v) is 5.44. The number of hydrogen-bond donors (Lipinski definition) is 2. The molecule has 0 aromatic heterocycles. The van der Waals surface area contributed by atoms with Crippen molar-refractivity contribution >= 4 is 0 Å². The Hall–Kier alpha value is 0.554. The monoisotopic (exact) mass is 226 g/mol. The molecule has 4 N–H and O–H groups in total. The Balaban J connectivity index is 4.19. The molecule has 1 unspecified atom stereocenters. The van der Waals surface area contributed by atoms with Crippen LogP contribution in [0.15, 0.2) is 0 Å². The first-order valence-corrected chi connectivity index (χ1v) is 8.18. The first-order chi connectivity index (χ1) is 6.14. The molecule has 0 bridgehead atoms. The molecule has 0 aliphatic carbocycles. The van der Waals surface area contributed by atoms with E-state index in [0.717, 1.165) is 15.9 Å². The SMILES string of the molecule is CCC(N)[CH2][Ti]([CH2]CN)([O]C)[O]C. The molecule has 4 nitrogen and oxygen atoms in total. The second-order valence-corrected chi connectivity index (χ2v) is 8.77. The summed E-state index contributed by atoms with van der Waals surface area (Å²) in [6.07, 6.45) is 0.963. The normalized spacial score (nSPS) is 14.5. The number of nitrogens with two attached hydrogens (primary N) is 2. The molecule has 80 valence electrons. The van der Waals surface area contributed by atoms with E-state index in [1.165, 1.54) is 0 Å². The Kier molecular flexibility index (Phi) is 7.22. The predicted octanol–water partition coefficient (Wildman–Crippen LogP) is 0.796. The Morgan fingerprint density at radius 2 is 1.85 bits per heavy atom. The van der Waals surface area contributed by atoms with Crippen LogP contribution in [0.3, 0.4) is 0 Å². The zero-order valence-corrected chi connectivity index (χ0v) is 10.4. The summed E-state index contributed by atoms with van der Waals surface area (Å²) >= 11 is -2.60. The van der Waals surface area contributed by atoms with Crippen LogP contribution in [0.25, 0.3) is 0 Å². The van der Waals surface area contributed by atoms with Crippen molar-refractivity contribution in [1.29, 1.82) is 0 Å². The van der Waals surface area contributed by atoms with Crippen LogP contribution < -0.4 is 11.5 Å². The van der Waals surface area contributed by atoms with Gasteiger partial charge in [0.1, 0.15) is 0 Å². The molecule has 13 heavy (non-hydrogen) atoms. The maximum atomic E-state index is 5.89. The summed E-state index contributed by atoms with van der Waals surface area (Å²) < 4.78 is 12.7. The summed E-state index contributed by atoms with van der Waals surface area (Å²) in [6, 6.07) is 0.187. The minimum atomic E-state index is -2.60. The molecular formula is C8H22N2O2Ti. The third-order valence-corrected chi connectivity index (χ3v) is 8.12. The third kappa shape index (κ3) is 4.54. The second-order valence-electron chi connectivity index (χ2n) is 3.23. The van der Waals surface area contributed by atoms with Crippen molar-refractivity contribution in [3.63, 3.8) is 0 Å². The standard InChI is InChI=1S/C4H10N.C2H6N.2CH3O.Ti/c1-3-4(2)5;1-2-3;2*1-2;/h4H,2-3,5H2,1H3;1-3H2;2*1H3;/q;;2*-1;+2. The van der Waals surface area contributed by atoms with Crippen molar-refractivity contribution in [3.8, 4) is 0 Å². The molecule has 0 amide bonds. The summed E-state index contributed by atoms with van der Waals surface area (Å²) in [4.78, 5) is 0. The van der Waals surface area contributed by atoms with Crippen LogP contribution in [0, 0.1) is 0 Å². The summed E-state index contributed by atoms with van der Waals surface area (Å²) in [5, 5.41) is 0. The van der Waals surface area contributed by atoms with Crippen molar-refractivity contribution in [3.05, 3.63) is 0 Å². The van der Waals surface area contributed by atoms with Gasteiger partial charge in [-0.05, 0) is 0 Å². The van der Waals surface area contributed by atoms with Gasteiger partial charge in [0.15, 0.2) is 0 Å². The molecule has 5 heteroatoms. The molecular weight excluding hydrogens is 204 g/mol. The van der Waals surface area contributed by atoms with Gasteiger partial charge in [-0.25, -0.2) is 0 Å². The Labute approximate surface area is 85.3 Å². The van der Waals surface area contributed by atoms with Gasteiger partial charge in [-0.2, -0.15) is 0 Å². The van der Waals surface area contributed by atoms with E-state index in [4.69, 9.17) is 18.1 Å². The van der Waals surface area contributed by atoms with Crippen molar-refractivity contribution in [2.24, 2.45) is 11.5 Å². The molecule has 1 atom stereocenters. The van der Waals surface area contributed by atoms with Crippen LogP contribution in [-0.2, 0) is 24.0 Å². The Bertz CT molecular complexity index is 131. The van der Waals surface area contributed by atoms with Gasteiger partial charge >= 0.3 is 85.1 Å². The van der Waals surface area contributed by atoms with Crippen LogP contribution in [0.1, 0.15) is 13.3 Å². The van der Waals surface area contributed by atoms with E-state index in [-0.39, 0.29) is 6.04 Å². The molecule has 0 radical (unpaired) electrons. The first-order valence-electron chi connectivity index (χ1n) is 4.70. The summed E-state index contributed by atoms with van der Waals surface area (Å²) in [5.41, 5.74) is 11.4. The summed E-state index contributed by atoms with van der Waals surface area (Å²) in [5.74, 6) is 0. The predicted molar refractivity (Wildman–Crippen MR) is 51.0 cm³/mol. The number of rotatable bonds is 7. The molecule has 0 heterocycles. The van der Waals surface area contributed by atoms with E-state index in [2.05, 4.69) is 6.92 Å². The molecule has 0 aromatic carbocycles. The van der Waals surface area contributed by atoms with Crippen molar-refractivity contribution in [2.75, 3.05) is 20.8 Å². The molecule has 0 aliphatic rings. The second kappa shape index (κ2) is 6.93. The van der Waals surface area contributed by atoms with E-state index in [1.54, 1.807) is 14.2 Å². The molecule has 0 saturated heterocycles. The molecule has 0 saturated carbocycles. The van der Waals surface area contributed by atoms with Crippen LogP contribution in [0.2, 0.25) is 9.45 Å². The minimum absolute atomic E-state index is 0.187. The topological polar surface area (TPSA) is 70.5 Å². The van der Waals surface area contributed by atoms with Crippen LogP contribution in [0.5, 0.6) is 0 Å². The van der Waals surface area contributed by atoms with E-state index in [0.29, 0.717) is 6.54 Å². The van der Waals surface area contributed by atoms with Gasteiger partial charge in [-0.15, -0.1) is 0 Å². The van der Waals surface area contributed by atoms with Gasteiger partial charge in [0.2, 0.25) is 0 Å². The van der Waals surface area contributed by atoms with Gasteiger partial charge in [0, 0.05) is 0 Å². The fraction of sp³-hybridized carbons (Fsp3) is 1.00. The Morgan fingerprint density at radius 3 is 2.15 bits per heavy atom. The average molecular weight is 226 g/mol. The van der Waals surface area contributed by atoms with Gasteiger partial charge in [0.05, 0.1) is 0 Å². The maximum absolute atomic E-state index is 5.89. The molecule has 0 spiro atoms. The summed E-state index contributed by atoms with van der Waals surface area (Å²) in [7, 11) is 3.42. The fourth-order valence-electron chi connectivity index (χ4n) is 1.32. The third-order valence-electron chi connectivity index (χ3n) is 2.37. The molecule has 0 rings (SSSR count). The van der Waals surface area contributed by atoms with Crippen LogP contribution in [0.4, 0.5) is 0 Å².